The molecular formula is C22H36O3. The highest BCUT2D eigenvalue weighted by atomic mass is 16.7. The average molecular weight is 349 g/mol. The Morgan fingerprint density at radius 1 is 1.28 bits per heavy atom. The maximum absolute atomic E-state index is 11.5. The van der Waals surface area contributed by atoms with Crippen LogP contribution in [0, 0.1) is 22.7 Å². The molecule has 0 radical (unpaired) electrons. The zero-order valence-electron chi connectivity index (χ0n) is 16.8. The predicted molar refractivity (Wildman–Crippen MR) is 102 cm³/mol. The minimum absolute atomic E-state index is 0.295. The van der Waals surface area contributed by atoms with E-state index in [1.165, 1.54) is 31.3 Å². The standard InChI is InChI=1S/C22H36O3/c1-16-8-11-19-21(2,3)12-7-13-22(19,4)18(16)10-9-17(15-23)14-20(24-5)25-6/h9,15,18-20H,1,7-8,10-14H2,2-6H3/b17-9+/t18-,19-,22-/m0/s1. The van der Waals surface area contributed by atoms with Crippen molar-refractivity contribution in [2.24, 2.45) is 22.7 Å². The van der Waals surface area contributed by atoms with Crippen LogP contribution >= 0.6 is 0 Å². The normalized spacial score (nSPS) is 32.6. The third-order valence-corrected chi connectivity index (χ3v) is 7.01. The number of rotatable bonds is 7. The first-order valence-electron chi connectivity index (χ1n) is 9.66. The summed E-state index contributed by atoms with van der Waals surface area (Å²) >= 11 is 0. The number of carbonyl (C=O) groups is 1. The highest BCUT2D eigenvalue weighted by molar-refractivity contribution is 5.73. The van der Waals surface area contributed by atoms with E-state index in [1.807, 2.05) is 0 Å². The first-order valence-corrected chi connectivity index (χ1v) is 9.66. The molecule has 3 heteroatoms. The van der Waals surface area contributed by atoms with Crippen molar-refractivity contribution in [2.75, 3.05) is 14.2 Å². The van der Waals surface area contributed by atoms with Crippen molar-refractivity contribution in [1.82, 2.24) is 0 Å². The molecule has 0 bridgehead atoms. The fraction of sp³-hybridized carbons (Fsp3) is 0.773. The highest BCUT2D eigenvalue weighted by Gasteiger charge is 2.52. The number of aldehydes is 1. The van der Waals surface area contributed by atoms with Crippen LogP contribution in [0.5, 0.6) is 0 Å². The van der Waals surface area contributed by atoms with Crippen LogP contribution in [0.3, 0.4) is 0 Å². The number of ether oxygens (including phenoxy) is 2. The summed E-state index contributed by atoms with van der Waals surface area (Å²) in [6.07, 6.45) is 10.4. The summed E-state index contributed by atoms with van der Waals surface area (Å²) in [5.74, 6) is 1.20. The summed E-state index contributed by atoms with van der Waals surface area (Å²) in [5, 5.41) is 0. The first-order chi connectivity index (χ1) is 11.8. The van der Waals surface area contributed by atoms with Gasteiger partial charge in [0.1, 0.15) is 6.29 Å². The molecule has 0 N–H and O–H groups in total. The second-order valence-corrected chi connectivity index (χ2v) is 8.89. The molecule has 2 fully saturated rings. The average Bonchev–Trinajstić information content (AvgIpc) is 2.56. The van der Waals surface area contributed by atoms with Crippen LogP contribution in [0.25, 0.3) is 0 Å². The van der Waals surface area contributed by atoms with Crippen molar-refractivity contribution >= 4 is 6.29 Å². The van der Waals surface area contributed by atoms with Gasteiger partial charge in [-0.2, -0.15) is 0 Å². The van der Waals surface area contributed by atoms with Crippen LogP contribution in [0.15, 0.2) is 23.8 Å². The summed E-state index contributed by atoms with van der Waals surface area (Å²) in [5.41, 5.74) is 2.83. The SMILES string of the molecule is C=C1CC[C@H]2C(C)(C)CCC[C@@]2(C)[C@H]1C/C=C(/C=O)CC(OC)OC. The number of allylic oxidation sites excluding steroid dienone is 2. The molecule has 0 amide bonds. The van der Waals surface area contributed by atoms with Crippen molar-refractivity contribution in [3.05, 3.63) is 23.8 Å². The lowest BCUT2D eigenvalue weighted by atomic mass is 9.47. The molecule has 2 aliphatic carbocycles. The maximum Gasteiger partial charge on any atom is 0.160 e. The first kappa shape index (κ1) is 20.4. The van der Waals surface area contributed by atoms with Gasteiger partial charge in [-0.25, -0.2) is 0 Å². The Labute approximate surface area is 153 Å². The van der Waals surface area contributed by atoms with Crippen molar-refractivity contribution in [1.29, 1.82) is 0 Å². The largest absolute Gasteiger partial charge is 0.356 e. The number of hydrogen-bond donors (Lipinski definition) is 0. The van der Waals surface area contributed by atoms with Crippen LogP contribution < -0.4 is 0 Å². The molecule has 142 valence electrons. The highest BCUT2D eigenvalue weighted by Crippen LogP contribution is 2.61. The van der Waals surface area contributed by atoms with E-state index in [0.717, 1.165) is 30.6 Å². The molecule has 0 aromatic heterocycles. The van der Waals surface area contributed by atoms with Crippen LogP contribution in [-0.4, -0.2) is 26.8 Å². The second-order valence-electron chi connectivity index (χ2n) is 8.89. The molecule has 0 heterocycles. The van der Waals surface area contributed by atoms with Gasteiger partial charge in [-0.3, -0.25) is 4.79 Å². The van der Waals surface area contributed by atoms with Crippen molar-refractivity contribution in [2.45, 2.75) is 72.0 Å². The maximum atomic E-state index is 11.5. The fourth-order valence-electron chi connectivity index (χ4n) is 5.61. The predicted octanol–water partition coefficient (Wildman–Crippen LogP) is 5.31. The Balaban J connectivity index is 2.19. The molecular weight excluding hydrogens is 312 g/mol. The lowest BCUT2D eigenvalue weighted by molar-refractivity contribution is -0.111. The van der Waals surface area contributed by atoms with Gasteiger partial charge in [0.15, 0.2) is 6.29 Å². The van der Waals surface area contributed by atoms with Gasteiger partial charge in [0, 0.05) is 20.6 Å². The van der Waals surface area contributed by atoms with Gasteiger partial charge in [-0.1, -0.05) is 45.4 Å². The Kier molecular flexibility index (Phi) is 6.67. The molecule has 0 aliphatic heterocycles. The summed E-state index contributed by atoms with van der Waals surface area (Å²) in [6.45, 7) is 11.8. The lowest BCUT2D eigenvalue weighted by Gasteiger charge is -2.58. The summed E-state index contributed by atoms with van der Waals surface area (Å²) in [6, 6.07) is 0. The Morgan fingerprint density at radius 3 is 2.56 bits per heavy atom. The van der Waals surface area contributed by atoms with Gasteiger partial charge >= 0.3 is 0 Å². The summed E-state index contributed by atoms with van der Waals surface area (Å²) < 4.78 is 10.5. The molecule has 0 saturated heterocycles. The molecule has 3 atom stereocenters. The van der Waals surface area contributed by atoms with E-state index in [2.05, 4.69) is 33.4 Å². The van der Waals surface area contributed by atoms with Crippen LogP contribution in [-0.2, 0) is 14.3 Å². The van der Waals surface area contributed by atoms with Gasteiger partial charge in [0.25, 0.3) is 0 Å². The molecule has 0 unspecified atom stereocenters. The third-order valence-electron chi connectivity index (χ3n) is 7.01. The number of fused-ring (bicyclic) bond motifs is 1. The Morgan fingerprint density at radius 2 is 1.96 bits per heavy atom. The molecule has 0 spiro atoms. The van der Waals surface area contributed by atoms with Gasteiger partial charge in [-0.15, -0.1) is 0 Å². The fourth-order valence-corrected chi connectivity index (χ4v) is 5.61. The topological polar surface area (TPSA) is 35.5 Å². The van der Waals surface area contributed by atoms with Crippen LogP contribution in [0.2, 0.25) is 0 Å². The minimum atomic E-state index is -0.358. The molecule has 0 aromatic rings. The minimum Gasteiger partial charge on any atom is -0.356 e. The second kappa shape index (κ2) is 8.18. The van der Waals surface area contributed by atoms with Gasteiger partial charge < -0.3 is 9.47 Å². The molecule has 25 heavy (non-hydrogen) atoms. The van der Waals surface area contributed by atoms with Crippen molar-refractivity contribution in [3.63, 3.8) is 0 Å². The molecule has 3 nitrogen and oxygen atoms in total. The van der Waals surface area contributed by atoms with E-state index in [0.29, 0.717) is 23.2 Å². The van der Waals surface area contributed by atoms with E-state index in [4.69, 9.17) is 9.47 Å². The van der Waals surface area contributed by atoms with Gasteiger partial charge in [-0.05, 0) is 60.3 Å². The van der Waals surface area contributed by atoms with Crippen molar-refractivity contribution < 1.29 is 14.3 Å². The van der Waals surface area contributed by atoms with E-state index in [9.17, 15) is 4.79 Å². The third kappa shape index (κ3) is 4.25. The Bertz CT molecular complexity index is 515. The summed E-state index contributed by atoms with van der Waals surface area (Å²) in [4.78, 5) is 11.5. The van der Waals surface area contributed by atoms with Crippen LogP contribution in [0.4, 0.5) is 0 Å². The monoisotopic (exact) mass is 348 g/mol. The van der Waals surface area contributed by atoms with E-state index in [-0.39, 0.29) is 6.29 Å². The number of methoxy groups -OCH3 is 2. The molecule has 2 rings (SSSR count). The van der Waals surface area contributed by atoms with Gasteiger partial charge in [0.2, 0.25) is 0 Å². The number of carbonyl (C=O) groups excluding carboxylic acids is 1. The lowest BCUT2D eigenvalue weighted by Crippen LogP contribution is -2.49. The van der Waals surface area contributed by atoms with Gasteiger partial charge in [0.05, 0.1) is 0 Å². The van der Waals surface area contributed by atoms with E-state index < -0.39 is 0 Å². The zero-order chi connectivity index (χ0) is 18.7. The Hall–Kier alpha value is -0.930. The molecule has 2 saturated carbocycles. The smallest absolute Gasteiger partial charge is 0.160 e. The van der Waals surface area contributed by atoms with Crippen molar-refractivity contribution in [3.8, 4) is 0 Å². The number of hydrogen-bond acceptors (Lipinski definition) is 3. The van der Waals surface area contributed by atoms with E-state index >= 15 is 0 Å². The zero-order valence-corrected chi connectivity index (χ0v) is 16.8. The summed E-state index contributed by atoms with van der Waals surface area (Å²) in [7, 11) is 3.21. The van der Waals surface area contributed by atoms with Crippen LogP contribution in [0.1, 0.15) is 65.7 Å². The molecule has 0 aromatic carbocycles. The molecule has 2 aliphatic rings. The quantitative estimate of drug-likeness (QED) is 0.271. The van der Waals surface area contributed by atoms with E-state index in [1.54, 1.807) is 14.2 Å².